The average molecular weight is 491 g/mol. The Labute approximate surface area is 204 Å². The topological polar surface area (TPSA) is 108 Å². The second-order valence-corrected chi connectivity index (χ2v) is 9.17. The van der Waals surface area contributed by atoms with Crippen molar-refractivity contribution in [3.63, 3.8) is 0 Å². The molecular formula is C26H22N2O6S. The normalized spacial score (nSPS) is 12.7. The van der Waals surface area contributed by atoms with Crippen LogP contribution >= 0.6 is 11.3 Å². The van der Waals surface area contributed by atoms with Crippen LogP contribution in [0.4, 0.5) is 5.00 Å². The Balaban J connectivity index is 1.31. The van der Waals surface area contributed by atoms with Gasteiger partial charge in [0, 0.05) is 4.88 Å². The maximum absolute atomic E-state index is 12.8. The quantitative estimate of drug-likeness (QED) is 0.378. The molecule has 9 heteroatoms. The van der Waals surface area contributed by atoms with E-state index in [1.54, 1.807) is 30.3 Å². The third-order valence-corrected chi connectivity index (χ3v) is 7.03. The van der Waals surface area contributed by atoms with Gasteiger partial charge in [0.15, 0.2) is 12.2 Å². The Morgan fingerprint density at radius 3 is 2.63 bits per heavy atom. The first-order valence-corrected chi connectivity index (χ1v) is 12.0. The Bertz CT molecular complexity index is 1400. The average Bonchev–Trinajstić information content (AvgIpc) is 3.48. The number of aromatic nitrogens is 1. The molecule has 35 heavy (non-hydrogen) atoms. The molecule has 1 N–H and O–H groups in total. The molecule has 0 saturated heterocycles. The summed E-state index contributed by atoms with van der Waals surface area (Å²) in [6, 6.07) is 14.1. The highest BCUT2D eigenvalue weighted by atomic mass is 32.1. The van der Waals surface area contributed by atoms with Crippen molar-refractivity contribution in [3.05, 3.63) is 70.1 Å². The van der Waals surface area contributed by atoms with Gasteiger partial charge in [0.2, 0.25) is 5.89 Å². The van der Waals surface area contributed by atoms with Crippen LogP contribution in [0.25, 0.3) is 22.6 Å². The molecule has 0 bridgehead atoms. The molecule has 0 radical (unpaired) electrons. The molecule has 2 aromatic heterocycles. The number of hydrogen-bond acceptors (Lipinski definition) is 8. The molecule has 178 valence electrons. The van der Waals surface area contributed by atoms with E-state index >= 15 is 0 Å². The van der Waals surface area contributed by atoms with E-state index in [4.69, 9.17) is 13.9 Å². The van der Waals surface area contributed by atoms with Gasteiger partial charge in [-0.1, -0.05) is 24.3 Å². The van der Waals surface area contributed by atoms with Crippen LogP contribution in [0.3, 0.4) is 0 Å². The van der Waals surface area contributed by atoms with Crippen molar-refractivity contribution >= 4 is 45.3 Å². The molecule has 0 atom stereocenters. The number of rotatable bonds is 6. The summed E-state index contributed by atoms with van der Waals surface area (Å²) >= 11 is 1.37. The number of oxazole rings is 1. The highest BCUT2D eigenvalue weighted by molar-refractivity contribution is 7.17. The van der Waals surface area contributed by atoms with Gasteiger partial charge in [0.05, 0.1) is 23.8 Å². The van der Waals surface area contributed by atoms with Crippen molar-refractivity contribution in [1.82, 2.24) is 4.98 Å². The zero-order valence-corrected chi connectivity index (χ0v) is 19.8. The van der Waals surface area contributed by atoms with Crippen LogP contribution in [0.2, 0.25) is 0 Å². The lowest BCUT2D eigenvalue weighted by Gasteiger charge is -2.12. The molecule has 0 spiro atoms. The number of anilines is 1. The number of methoxy groups -OCH3 is 1. The predicted octanol–water partition coefficient (Wildman–Crippen LogP) is 5.02. The van der Waals surface area contributed by atoms with Gasteiger partial charge in [-0.15, -0.1) is 11.3 Å². The van der Waals surface area contributed by atoms with Crippen LogP contribution in [0.5, 0.6) is 0 Å². The largest absolute Gasteiger partial charge is 0.465 e. The SMILES string of the molecule is COC(=O)c1c(NC(=O)COC(=O)c2ccccc2-c2nc3ccccc3o2)sc2c1CCCC2. The van der Waals surface area contributed by atoms with Crippen molar-refractivity contribution in [2.24, 2.45) is 0 Å². The van der Waals surface area contributed by atoms with E-state index in [-0.39, 0.29) is 11.5 Å². The summed E-state index contributed by atoms with van der Waals surface area (Å²) in [4.78, 5) is 43.4. The summed E-state index contributed by atoms with van der Waals surface area (Å²) in [5.74, 6) is -1.42. The van der Waals surface area contributed by atoms with E-state index in [0.717, 1.165) is 36.1 Å². The molecule has 1 amide bonds. The van der Waals surface area contributed by atoms with Gasteiger partial charge in [0.1, 0.15) is 10.5 Å². The summed E-state index contributed by atoms with van der Waals surface area (Å²) in [6.07, 6.45) is 3.66. The van der Waals surface area contributed by atoms with Crippen molar-refractivity contribution in [1.29, 1.82) is 0 Å². The Hall–Kier alpha value is -3.98. The maximum Gasteiger partial charge on any atom is 0.341 e. The molecule has 2 aromatic carbocycles. The molecule has 4 aromatic rings. The fourth-order valence-corrected chi connectivity index (χ4v) is 5.47. The van der Waals surface area contributed by atoms with E-state index in [1.807, 2.05) is 18.2 Å². The Morgan fingerprint density at radius 1 is 1.03 bits per heavy atom. The van der Waals surface area contributed by atoms with E-state index in [0.29, 0.717) is 27.2 Å². The number of amides is 1. The monoisotopic (exact) mass is 490 g/mol. The summed E-state index contributed by atoms with van der Waals surface area (Å²) in [5.41, 5.74) is 3.30. The van der Waals surface area contributed by atoms with Crippen LogP contribution in [-0.2, 0) is 27.1 Å². The molecule has 5 rings (SSSR count). The lowest BCUT2D eigenvalue weighted by Crippen LogP contribution is -2.22. The molecule has 0 aliphatic heterocycles. The van der Waals surface area contributed by atoms with Crippen LogP contribution in [0, 0.1) is 0 Å². The third-order valence-electron chi connectivity index (χ3n) is 5.82. The van der Waals surface area contributed by atoms with E-state index in [1.165, 1.54) is 18.4 Å². The molecule has 2 heterocycles. The van der Waals surface area contributed by atoms with Crippen LogP contribution < -0.4 is 5.32 Å². The minimum Gasteiger partial charge on any atom is -0.465 e. The van der Waals surface area contributed by atoms with Gasteiger partial charge in [-0.2, -0.15) is 0 Å². The van der Waals surface area contributed by atoms with Gasteiger partial charge in [-0.25, -0.2) is 14.6 Å². The van der Waals surface area contributed by atoms with E-state index in [9.17, 15) is 14.4 Å². The van der Waals surface area contributed by atoms with Crippen LogP contribution in [0.15, 0.2) is 52.9 Å². The smallest absolute Gasteiger partial charge is 0.341 e. The Morgan fingerprint density at radius 2 is 1.80 bits per heavy atom. The summed E-state index contributed by atoms with van der Waals surface area (Å²) in [6.45, 7) is -0.510. The van der Waals surface area contributed by atoms with Crippen molar-refractivity contribution in [2.45, 2.75) is 25.7 Å². The molecule has 1 aliphatic carbocycles. The lowest BCUT2D eigenvalue weighted by molar-refractivity contribution is -0.119. The standard InChI is InChI=1S/C26H22N2O6S/c1-32-26(31)22-17-10-4-7-13-20(17)35-24(22)28-21(29)14-33-25(30)16-9-3-2-8-15(16)23-27-18-11-5-6-12-19(18)34-23/h2-3,5-6,8-9,11-12H,4,7,10,13-14H2,1H3,(H,28,29). The number of para-hydroxylation sites is 2. The first kappa shape index (κ1) is 22.8. The van der Waals surface area contributed by atoms with Crippen LogP contribution in [0.1, 0.15) is 44.0 Å². The number of thiophene rings is 1. The van der Waals surface area contributed by atoms with E-state index in [2.05, 4.69) is 10.3 Å². The minimum atomic E-state index is -0.684. The molecule has 8 nitrogen and oxygen atoms in total. The number of benzene rings is 2. The number of fused-ring (bicyclic) bond motifs is 2. The van der Waals surface area contributed by atoms with Crippen molar-refractivity contribution < 1.29 is 28.3 Å². The predicted molar refractivity (Wildman–Crippen MR) is 131 cm³/mol. The summed E-state index contributed by atoms with van der Waals surface area (Å²) < 4.78 is 16.0. The number of carbonyl (C=O) groups is 3. The van der Waals surface area contributed by atoms with Crippen molar-refractivity contribution in [2.75, 3.05) is 19.0 Å². The zero-order valence-electron chi connectivity index (χ0n) is 19.0. The summed E-state index contributed by atoms with van der Waals surface area (Å²) in [5, 5.41) is 3.15. The van der Waals surface area contributed by atoms with Gasteiger partial charge < -0.3 is 19.2 Å². The molecule has 0 unspecified atom stereocenters. The highest BCUT2D eigenvalue weighted by Gasteiger charge is 2.27. The molecule has 0 fully saturated rings. The fourth-order valence-electron chi connectivity index (χ4n) is 4.18. The number of nitrogens with one attached hydrogen (secondary N) is 1. The number of ether oxygens (including phenoxy) is 2. The number of esters is 2. The second-order valence-electron chi connectivity index (χ2n) is 8.06. The number of hydrogen-bond donors (Lipinski definition) is 1. The van der Waals surface area contributed by atoms with Gasteiger partial charge >= 0.3 is 11.9 Å². The molecule has 1 aliphatic rings. The Kier molecular flexibility index (Phi) is 6.33. The molecule has 0 saturated carbocycles. The number of carbonyl (C=O) groups excluding carboxylic acids is 3. The highest BCUT2D eigenvalue weighted by Crippen LogP contribution is 2.38. The maximum atomic E-state index is 12.8. The van der Waals surface area contributed by atoms with Crippen LogP contribution in [-0.4, -0.2) is 36.5 Å². The zero-order chi connectivity index (χ0) is 24.4. The molecular weight excluding hydrogens is 468 g/mol. The minimum absolute atomic E-state index is 0.230. The lowest BCUT2D eigenvalue weighted by atomic mass is 9.95. The third kappa shape index (κ3) is 4.54. The first-order chi connectivity index (χ1) is 17.0. The first-order valence-electron chi connectivity index (χ1n) is 11.2. The van der Waals surface area contributed by atoms with Gasteiger partial charge in [0.25, 0.3) is 5.91 Å². The van der Waals surface area contributed by atoms with Gasteiger partial charge in [-0.05, 0) is 55.5 Å². The number of aryl methyl sites for hydroxylation is 1. The summed E-state index contributed by atoms with van der Waals surface area (Å²) in [7, 11) is 1.32. The number of nitrogens with zero attached hydrogens (tertiary/aromatic N) is 1. The fraction of sp³-hybridized carbons (Fsp3) is 0.231. The van der Waals surface area contributed by atoms with Gasteiger partial charge in [-0.3, -0.25) is 4.79 Å². The second kappa shape index (κ2) is 9.71. The van der Waals surface area contributed by atoms with Crippen molar-refractivity contribution in [3.8, 4) is 11.5 Å². The van der Waals surface area contributed by atoms with E-state index < -0.39 is 24.5 Å².